The van der Waals surface area contributed by atoms with Gasteiger partial charge in [0.25, 0.3) is 0 Å². The van der Waals surface area contributed by atoms with Crippen LogP contribution in [0.1, 0.15) is 0 Å². The van der Waals surface area contributed by atoms with Crippen LogP contribution in [0, 0.1) is 11.6 Å². The van der Waals surface area contributed by atoms with E-state index in [4.69, 9.17) is 0 Å². The molecule has 0 N–H and O–H groups in total. The number of aromatic nitrogens is 2. The van der Waals surface area contributed by atoms with Gasteiger partial charge in [0.1, 0.15) is 18.0 Å². The standard InChI is InChI=1S/C14H8F2N2/c15-10-5-9(6-11(16)7-10)14-12-3-1-2-4-13(12)17-8-18-14/h1-8H. The third-order valence-electron chi connectivity index (χ3n) is 2.68. The van der Waals surface area contributed by atoms with Crippen LogP contribution in [0.2, 0.25) is 0 Å². The number of hydrogen-bond donors (Lipinski definition) is 0. The number of hydrogen-bond acceptors (Lipinski definition) is 2. The molecule has 0 saturated heterocycles. The van der Waals surface area contributed by atoms with Crippen molar-refractivity contribution in [3.8, 4) is 11.3 Å². The average molecular weight is 242 g/mol. The zero-order valence-electron chi connectivity index (χ0n) is 9.27. The van der Waals surface area contributed by atoms with E-state index in [9.17, 15) is 8.78 Å². The van der Waals surface area contributed by atoms with Gasteiger partial charge in [-0.05, 0) is 18.2 Å². The fraction of sp³-hybridized carbons (Fsp3) is 0. The Labute approximate surface area is 102 Å². The maximum atomic E-state index is 13.2. The van der Waals surface area contributed by atoms with E-state index in [2.05, 4.69) is 9.97 Å². The fourth-order valence-electron chi connectivity index (χ4n) is 1.93. The summed E-state index contributed by atoms with van der Waals surface area (Å²) in [7, 11) is 0. The quantitative estimate of drug-likeness (QED) is 0.651. The number of rotatable bonds is 1. The van der Waals surface area contributed by atoms with E-state index in [0.29, 0.717) is 11.3 Å². The van der Waals surface area contributed by atoms with Crippen LogP contribution in [0.15, 0.2) is 48.8 Å². The molecular formula is C14H8F2N2. The summed E-state index contributed by atoms with van der Waals surface area (Å²) in [5.41, 5.74) is 1.68. The van der Waals surface area contributed by atoms with Crippen LogP contribution in [0.3, 0.4) is 0 Å². The van der Waals surface area contributed by atoms with Gasteiger partial charge in [0, 0.05) is 17.0 Å². The molecule has 2 nitrogen and oxygen atoms in total. The monoisotopic (exact) mass is 242 g/mol. The van der Waals surface area contributed by atoms with E-state index in [1.807, 2.05) is 24.3 Å². The van der Waals surface area contributed by atoms with Crippen LogP contribution in [0.5, 0.6) is 0 Å². The van der Waals surface area contributed by atoms with Crippen LogP contribution in [0.25, 0.3) is 22.2 Å². The third kappa shape index (κ3) is 1.82. The smallest absolute Gasteiger partial charge is 0.126 e. The van der Waals surface area contributed by atoms with E-state index in [1.54, 1.807) is 0 Å². The molecule has 0 bridgehead atoms. The van der Waals surface area contributed by atoms with Gasteiger partial charge in [0.15, 0.2) is 0 Å². The van der Waals surface area contributed by atoms with Gasteiger partial charge in [-0.15, -0.1) is 0 Å². The number of halogens is 2. The molecule has 0 saturated carbocycles. The lowest BCUT2D eigenvalue weighted by Gasteiger charge is -2.05. The molecule has 4 heteroatoms. The first-order valence-corrected chi connectivity index (χ1v) is 5.40. The molecule has 88 valence electrons. The SMILES string of the molecule is Fc1cc(F)cc(-c2ncnc3ccccc23)c1. The van der Waals surface area contributed by atoms with E-state index >= 15 is 0 Å². The van der Waals surface area contributed by atoms with E-state index in [0.717, 1.165) is 17.0 Å². The Kier molecular flexibility index (Phi) is 2.48. The van der Waals surface area contributed by atoms with Crippen molar-refractivity contribution in [1.29, 1.82) is 0 Å². The molecule has 0 aliphatic rings. The van der Waals surface area contributed by atoms with Gasteiger partial charge in [-0.2, -0.15) is 0 Å². The largest absolute Gasteiger partial charge is 0.236 e. The van der Waals surface area contributed by atoms with Gasteiger partial charge in [-0.25, -0.2) is 18.7 Å². The second-order valence-corrected chi connectivity index (χ2v) is 3.90. The Bertz CT molecular complexity index is 700. The van der Waals surface area contributed by atoms with Crippen molar-refractivity contribution in [2.45, 2.75) is 0 Å². The van der Waals surface area contributed by atoms with Gasteiger partial charge < -0.3 is 0 Å². The lowest BCUT2D eigenvalue weighted by atomic mass is 10.1. The highest BCUT2D eigenvalue weighted by atomic mass is 19.1. The minimum Gasteiger partial charge on any atom is -0.236 e. The Hall–Kier alpha value is -2.36. The predicted octanol–water partition coefficient (Wildman–Crippen LogP) is 3.58. The minimum absolute atomic E-state index is 0.408. The van der Waals surface area contributed by atoms with Crippen molar-refractivity contribution in [2.75, 3.05) is 0 Å². The molecular weight excluding hydrogens is 234 g/mol. The molecule has 1 heterocycles. The molecule has 0 radical (unpaired) electrons. The van der Waals surface area contributed by atoms with Crippen molar-refractivity contribution in [1.82, 2.24) is 9.97 Å². The summed E-state index contributed by atoms with van der Waals surface area (Å²) < 4.78 is 26.5. The maximum absolute atomic E-state index is 13.2. The van der Waals surface area contributed by atoms with Crippen LogP contribution >= 0.6 is 0 Å². The number of benzene rings is 2. The van der Waals surface area contributed by atoms with Gasteiger partial charge >= 0.3 is 0 Å². The first-order valence-electron chi connectivity index (χ1n) is 5.40. The summed E-state index contributed by atoms with van der Waals surface area (Å²) in [5, 5.41) is 0.769. The third-order valence-corrected chi connectivity index (χ3v) is 2.68. The molecule has 2 aromatic carbocycles. The number of para-hydroxylation sites is 1. The van der Waals surface area contributed by atoms with E-state index in [1.165, 1.54) is 18.5 Å². The second kappa shape index (κ2) is 4.14. The molecule has 0 spiro atoms. The molecule has 3 aromatic rings. The van der Waals surface area contributed by atoms with Gasteiger partial charge in [0.05, 0.1) is 11.2 Å². The molecule has 3 rings (SSSR count). The van der Waals surface area contributed by atoms with Gasteiger partial charge in [-0.1, -0.05) is 18.2 Å². The summed E-state index contributed by atoms with van der Waals surface area (Å²) in [5.74, 6) is -1.24. The molecule has 1 aromatic heterocycles. The van der Waals surface area contributed by atoms with Crippen molar-refractivity contribution in [3.63, 3.8) is 0 Å². The van der Waals surface area contributed by atoms with Crippen LogP contribution in [-0.4, -0.2) is 9.97 Å². The summed E-state index contributed by atoms with van der Waals surface area (Å²) >= 11 is 0. The zero-order valence-corrected chi connectivity index (χ0v) is 9.27. The average Bonchev–Trinajstić information content (AvgIpc) is 2.37. The Balaban J connectivity index is 2.31. The molecule has 0 atom stereocenters. The van der Waals surface area contributed by atoms with Gasteiger partial charge in [-0.3, -0.25) is 0 Å². The fourth-order valence-corrected chi connectivity index (χ4v) is 1.93. The van der Waals surface area contributed by atoms with Crippen LogP contribution in [0.4, 0.5) is 8.78 Å². The van der Waals surface area contributed by atoms with Crippen molar-refractivity contribution in [3.05, 3.63) is 60.4 Å². The maximum Gasteiger partial charge on any atom is 0.126 e. The zero-order chi connectivity index (χ0) is 12.5. The predicted molar refractivity (Wildman–Crippen MR) is 64.9 cm³/mol. The number of nitrogens with zero attached hydrogens (tertiary/aromatic N) is 2. The summed E-state index contributed by atoms with van der Waals surface area (Å²) in [4.78, 5) is 8.23. The van der Waals surface area contributed by atoms with E-state index in [-0.39, 0.29) is 0 Å². The second-order valence-electron chi connectivity index (χ2n) is 3.90. The molecule has 0 fully saturated rings. The van der Waals surface area contributed by atoms with Gasteiger partial charge in [0.2, 0.25) is 0 Å². The molecule has 0 aliphatic heterocycles. The number of fused-ring (bicyclic) bond motifs is 1. The van der Waals surface area contributed by atoms with Crippen LogP contribution < -0.4 is 0 Å². The van der Waals surface area contributed by atoms with E-state index < -0.39 is 11.6 Å². The Morgan fingerprint density at radius 1 is 0.833 bits per heavy atom. The summed E-state index contributed by atoms with van der Waals surface area (Å²) in [6.07, 6.45) is 1.39. The molecule has 0 unspecified atom stereocenters. The highest BCUT2D eigenvalue weighted by molar-refractivity contribution is 5.91. The topological polar surface area (TPSA) is 25.8 Å². The Morgan fingerprint density at radius 2 is 1.56 bits per heavy atom. The first-order chi connectivity index (χ1) is 8.74. The highest BCUT2D eigenvalue weighted by Crippen LogP contribution is 2.26. The molecule has 18 heavy (non-hydrogen) atoms. The molecule has 0 amide bonds. The van der Waals surface area contributed by atoms with Crippen molar-refractivity contribution >= 4 is 10.9 Å². The summed E-state index contributed by atoms with van der Waals surface area (Å²) in [6, 6.07) is 10.7. The highest BCUT2D eigenvalue weighted by Gasteiger charge is 2.08. The summed E-state index contributed by atoms with van der Waals surface area (Å²) in [6.45, 7) is 0. The Morgan fingerprint density at radius 3 is 2.33 bits per heavy atom. The normalized spacial score (nSPS) is 10.8. The lowest BCUT2D eigenvalue weighted by molar-refractivity contribution is 0.584. The van der Waals surface area contributed by atoms with Crippen LogP contribution in [-0.2, 0) is 0 Å². The first kappa shape index (κ1) is 10.8. The molecule has 0 aliphatic carbocycles. The minimum atomic E-state index is -0.618. The van der Waals surface area contributed by atoms with Crippen molar-refractivity contribution < 1.29 is 8.78 Å². The van der Waals surface area contributed by atoms with Crippen molar-refractivity contribution in [2.24, 2.45) is 0 Å². The lowest BCUT2D eigenvalue weighted by Crippen LogP contribution is -1.90.